The summed E-state index contributed by atoms with van der Waals surface area (Å²) in [6, 6.07) is 6.71. The minimum absolute atomic E-state index is 0.306. The molecule has 90 valence electrons. The zero-order chi connectivity index (χ0) is 12.2. The van der Waals surface area contributed by atoms with Gasteiger partial charge in [0.15, 0.2) is 0 Å². The fourth-order valence-electron chi connectivity index (χ4n) is 1.20. The molecule has 0 unspecified atom stereocenters. The van der Waals surface area contributed by atoms with E-state index in [2.05, 4.69) is 21.2 Å². The second kappa shape index (κ2) is 5.77. The molecule has 0 aliphatic carbocycles. The normalized spacial score (nSPS) is 12.0. The van der Waals surface area contributed by atoms with Gasteiger partial charge in [-0.3, -0.25) is 0 Å². The third-order valence-electron chi connectivity index (χ3n) is 2.18. The number of rotatable bonds is 5. The Morgan fingerprint density at radius 2 is 2.12 bits per heavy atom. The zero-order valence-electron chi connectivity index (χ0n) is 9.27. The molecular weight excluding hydrogens is 292 g/mol. The molecule has 1 aromatic rings. The lowest BCUT2D eigenvalue weighted by Crippen LogP contribution is -2.32. The fourth-order valence-corrected chi connectivity index (χ4v) is 2.97. The van der Waals surface area contributed by atoms with Crippen LogP contribution in [0.15, 0.2) is 33.6 Å². The molecule has 0 saturated heterocycles. The predicted octanol–water partition coefficient (Wildman–Crippen LogP) is 1.29. The van der Waals surface area contributed by atoms with Crippen LogP contribution >= 0.6 is 15.9 Å². The fraction of sp³-hybridized carbons (Fsp3) is 0.400. The summed E-state index contributed by atoms with van der Waals surface area (Å²) in [7, 11) is -0.00220. The van der Waals surface area contributed by atoms with E-state index < -0.39 is 10.0 Å². The number of halogens is 1. The van der Waals surface area contributed by atoms with Crippen LogP contribution in [0.25, 0.3) is 0 Å². The Bertz CT molecular complexity index is 448. The summed E-state index contributed by atoms with van der Waals surface area (Å²) in [5.74, 6) is 0. The summed E-state index contributed by atoms with van der Waals surface area (Å²) in [4.78, 5) is 0.306. The van der Waals surface area contributed by atoms with Crippen LogP contribution in [0.1, 0.15) is 0 Å². The highest BCUT2D eigenvalue weighted by atomic mass is 79.9. The second-order valence-electron chi connectivity index (χ2n) is 3.39. The van der Waals surface area contributed by atoms with Crippen molar-refractivity contribution in [3.63, 3.8) is 0 Å². The van der Waals surface area contributed by atoms with Crippen molar-refractivity contribution in [3.05, 3.63) is 28.7 Å². The average Bonchev–Trinajstić information content (AvgIpc) is 2.25. The maximum atomic E-state index is 12.1. The molecule has 0 atom stereocenters. The van der Waals surface area contributed by atoms with Crippen molar-refractivity contribution >= 4 is 26.0 Å². The minimum atomic E-state index is -3.37. The monoisotopic (exact) mass is 306 g/mol. The molecule has 0 aliphatic heterocycles. The summed E-state index contributed by atoms with van der Waals surface area (Å²) in [6.07, 6.45) is 0. The van der Waals surface area contributed by atoms with Gasteiger partial charge in [-0.15, -0.1) is 0 Å². The van der Waals surface area contributed by atoms with E-state index in [1.165, 1.54) is 4.31 Å². The van der Waals surface area contributed by atoms with Crippen molar-refractivity contribution < 1.29 is 8.42 Å². The quantitative estimate of drug-likeness (QED) is 0.892. The molecule has 0 spiro atoms. The molecule has 0 saturated carbocycles. The number of nitrogens with zero attached hydrogens (tertiary/aromatic N) is 1. The van der Waals surface area contributed by atoms with Gasteiger partial charge in [-0.05, 0) is 25.2 Å². The number of hydrogen-bond donors (Lipinski definition) is 1. The molecule has 4 nitrogen and oxygen atoms in total. The van der Waals surface area contributed by atoms with Gasteiger partial charge >= 0.3 is 0 Å². The Labute approximate surface area is 105 Å². The Morgan fingerprint density at radius 3 is 2.69 bits per heavy atom. The van der Waals surface area contributed by atoms with Gasteiger partial charge in [-0.25, -0.2) is 8.42 Å². The molecule has 16 heavy (non-hydrogen) atoms. The van der Waals surface area contributed by atoms with Gasteiger partial charge < -0.3 is 5.32 Å². The molecule has 0 amide bonds. The molecule has 0 heterocycles. The number of benzene rings is 1. The Hall–Kier alpha value is -0.430. The lowest BCUT2D eigenvalue weighted by Gasteiger charge is -2.16. The minimum Gasteiger partial charge on any atom is -0.318 e. The Kier molecular flexibility index (Phi) is 4.91. The first-order valence-corrected chi connectivity index (χ1v) is 7.08. The molecule has 0 aromatic heterocycles. The summed E-state index contributed by atoms with van der Waals surface area (Å²) in [6.45, 7) is 1.08. The highest BCUT2D eigenvalue weighted by Gasteiger charge is 2.19. The van der Waals surface area contributed by atoms with Crippen molar-refractivity contribution in [2.75, 3.05) is 27.2 Å². The molecule has 1 N–H and O–H groups in total. The number of sulfonamides is 1. The Balaban J connectivity index is 2.93. The predicted molar refractivity (Wildman–Crippen MR) is 67.9 cm³/mol. The summed E-state index contributed by atoms with van der Waals surface area (Å²) in [5, 5.41) is 2.92. The summed E-state index contributed by atoms with van der Waals surface area (Å²) >= 11 is 3.26. The van der Waals surface area contributed by atoms with Crippen LogP contribution in [0, 0.1) is 0 Å². The SMILES string of the molecule is CNCCN(C)S(=O)(=O)c1cccc(Br)c1. The van der Waals surface area contributed by atoms with Crippen LogP contribution in [0.3, 0.4) is 0 Å². The van der Waals surface area contributed by atoms with E-state index in [0.29, 0.717) is 18.0 Å². The highest BCUT2D eigenvalue weighted by Crippen LogP contribution is 2.18. The Morgan fingerprint density at radius 1 is 1.44 bits per heavy atom. The molecule has 6 heteroatoms. The van der Waals surface area contributed by atoms with Gasteiger partial charge in [0.2, 0.25) is 10.0 Å². The highest BCUT2D eigenvalue weighted by molar-refractivity contribution is 9.10. The first-order chi connectivity index (χ1) is 7.48. The van der Waals surface area contributed by atoms with E-state index in [9.17, 15) is 8.42 Å². The van der Waals surface area contributed by atoms with Gasteiger partial charge in [0.1, 0.15) is 0 Å². The first kappa shape index (κ1) is 13.6. The van der Waals surface area contributed by atoms with E-state index in [-0.39, 0.29) is 0 Å². The van der Waals surface area contributed by atoms with Crippen LogP contribution in [-0.2, 0) is 10.0 Å². The largest absolute Gasteiger partial charge is 0.318 e. The lowest BCUT2D eigenvalue weighted by atomic mass is 10.4. The standard InChI is InChI=1S/C10H15BrN2O2S/c1-12-6-7-13(2)16(14,15)10-5-3-4-9(11)8-10/h3-5,8,12H,6-7H2,1-2H3. The van der Waals surface area contributed by atoms with E-state index in [0.717, 1.165) is 4.47 Å². The van der Waals surface area contributed by atoms with Gasteiger partial charge in [-0.1, -0.05) is 22.0 Å². The summed E-state index contributed by atoms with van der Waals surface area (Å²) in [5.41, 5.74) is 0. The van der Waals surface area contributed by atoms with E-state index in [1.807, 2.05) is 0 Å². The van der Waals surface area contributed by atoms with Crippen LogP contribution in [0.4, 0.5) is 0 Å². The van der Waals surface area contributed by atoms with Crippen molar-refractivity contribution in [1.29, 1.82) is 0 Å². The van der Waals surface area contributed by atoms with Crippen molar-refractivity contribution in [1.82, 2.24) is 9.62 Å². The maximum absolute atomic E-state index is 12.1. The zero-order valence-corrected chi connectivity index (χ0v) is 11.7. The van der Waals surface area contributed by atoms with E-state index in [1.54, 1.807) is 38.4 Å². The van der Waals surface area contributed by atoms with Crippen molar-refractivity contribution in [3.8, 4) is 0 Å². The van der Waals surface area contributed by atoms with Crippen molar-refractivity contribution in [2.45, 2.75) is 4.90 Å². The van der Waals surface area contributed by atoms with E-state index >= 15 is 0 Å². The van der Waals surface area contributed by atoms with Gasteiger partial charge in [0.25, 0.3) is 0 Å². The van der Waals surface area contributed by atoms with Gasteiger partial charge in [0.05, 0.1) is 4.90 Å². The summed E-state index contributed by atoms with van der Waals surface area (Å²) < 4.78 is 26.2. The molecule has 0 fully saturated rings. The molecule has 1 rings (SSSR count). The third kappa shape index (κ3) is 3.28. The van der Waals surface area contributed by atoms with Crippen LogP contribution < -0.4 is 5.32 Å². The smallest absolute Gasteiger partial charge is 0.242 e. The van der Waals surface area contributed by atoms with Crippen LogP contribution in [0.5, 0.6) is 0 Å². The number of likely N-dealkylation sites (N-methyl/N-ethyl adjacent to an activating group) is 2. The topological polar surface area (TPSA) is 49.4 Å². The van der Waals surface area contributed by atoms with Crippen LogP contribution in [0.2, 0.25) is 0 Å². The molecule has 1 aromatic carbocycles. The maximum Gasteiger partial charge on any atom is 0.242 e. The van der Waals surface area contributed by atoms with Gasteiger partial charge in [0, 0.05) is 24.6 Å². The van der Waals surface area contributed by atoms with Crippen LogP contribution in [-0.4, -0.2) is 39.9 Å². The lowest BCUT2D eigenvalue weighted by molar-refractivity contribution is 0.466. The van der Waals surface area contributed by atoms with Gasteiger partial charge in [-0.2, -0.15) is 4.31 Å². The molecule has 0 aliphatic rings. The molecule has 0 bridgehead atoms. The van der Waals surface area contributed by atoms with Crippen molar-refractivity contribution in [2.24, 2.45) is 0 Å². The van der Waals surface area contributed by atoms with E-state index in [4.69, 9.17) is 0 Å². The number of nitrogens with one attached hydrogen (secondary N) is 1. The first-order valence-electron chi connectivity index (χ1n) is 4.85. The molecule has 0 radical (unpaired) electrons. The second-order valence-corrected chi connectivity index (χ2v) is 6.35. The third-order valence-corrected chi connectivity index (χ3v) is 4.53. The number of hydrogen-bond acceptors (Lipinski definition) is 3. The molecular formula is C10H15BrN2O2S. The average molecular weight is 307 g/mol.